The van der Waals surface area contributed by atoms with Crippen LogP contribution in [0.1, 0.15) is 73.4 Å². The largest absolute Gasteiger partial charge is 0.354 e. The van der Waals surface area contributed by atoms with Gasteiger partial charge < -0.3 is 40.2 Å². The number of amides is 2. The fourth-order valence-electron chi connectivity index (χ4n) is 9.56. The van der Waals surface area contributed by atoms with E-state index >= 15 is 8.78 Å². The zero-order valence-electron chi connectivity index (χ0n) is 41.5. The summed E-state index contributed by atoms with van der Waals surface area (Å²) in [5, 5.41) is 7.23. The lowest BCUT2D eigenvalue weighted by Gasteiger charge is -2.35. The number of aromatic nitrogens is 4. The van der Waals surface area contributed by atoms with Crippen LogP contribution in [0.3, 0.4) is 0 Å². The quantitative estimate of drug-likeness (QED) is 0.0988. The van der Waals surface area contributed by atoms with Crippen LogP contribution in [-0.2, 0) is 11.1 Å². The van der Waals surface area contributed by atoms with Crippen LogP contribution in [0.4, 0.5) is 20.4 Å². The first-order valence-corrected chi connectivity index (χ1v) is 24.5. The molecule has 14 nitrogen and oxygen atoms in total. The second-order valence-electron chi connectivity index (χ2n) is 19.6. The molecule has 8 aromatic rings. The molecule has 2 fully saturated rings. The van der Waals surface area contributed by atoms with Crippen molar-refractivity contribution in [1.29, 1.82) is 0 Å². The number of hydrogen-bond donors (Lipinski definition) is 4. The Labute approximate surface area is 416 Å². The number of carbonyl (C=O) groups is 2. The summed E-state index contributed by atoms with van der Waals surface area (Å²) in [6.07, 6.45) is 3.53. The predicted molar refractivity (Wildman–Crippen MR) is 282 cm³/mol. The minimum Gasteiger partial charge on any atom is -0.354 e. The molecule has 16 heteroatoms. The monoisotopic (exact) mass is 974 g/mol. The number of hydrogen-bond acceptors (Lipinski definition) is 10. The van der Waals surface area contributed by atoms with Gasteiger partial charge in [0.25, 0.3) is 11.8 Å². The van der Waals surface area contributed by atoms with Crippen molar-refractivity contribution in [3.8, 4) is 0 Å². The smallest absolute Gasteiger partial charge is 0.255 e. The van der Waals surface area contributed by atoms with E-state index in [2.05, 4.69) is 64.0 Å². The molecule has 4 N–H and O–H groups in total. The molecule has 0 radical (unpaired) electrons. The fraction of sp³-hybridized carbons (Fsp3) is 0.321. The van der Waals surface area contributed by atoms with Crippen molar-refractivity contribution in [2.24, 2.45) is 0 Å². The van der Waals surface area contributed by atoms with E-state index in [1.54, 1.807) is 48.8 Å². The highest BCUT2D eigenvalue weighted by atomic mass is 19.1. The van der Waals surface area contributed by atoms with Crippen molar-refractivity contribution in [3.63, 3.8) is 0 Å². The summed E-state index contributed by atoms with van der Waals surface area (Å²) < 4.78 is 30.0. The van der Waals surface area contributed by atoms with Gasteiger partial charge in [0.15, 0.2) is 10.9 Å². The molecule has 6 heterocycles. The zero-order chi connectivity index (χ0) is 50.9. The van der Waals surface area contributed by atoms with Gasteiger partial charge in [-0.05, 0) is 113 Å². The maximum atomic E-state index is 15.0. The second-order valence-corrected chi connectivity index (χ2v) is 19.6. The number of benzene rings is 4. The average Bonchev–Trinajstić information content (AvgIpc) is 3.39. The Kier molecular flexibility index (Phi) is 13.9. The summed E-state index contributed by atoms with van der Waals surface area (Å²) >= 11 is 0. The molecule has 2 saturated heterocycles. The summed E-state index contributed by atoms with van der Waals surface area (Å²) in [5.74, 6) is -0.782. The number of piperazine rings is 2. The molecular weight excluding hydrogens is 915 g/mol. The van der Waals surface area contributed by atoms with Crippen molar-refractivity contribution in [3.05, 3.63) is 164 Å². The third-order valence-corrected chi connectivity index (χ3v) is 14.2. The number of aromatic amines is 2. The van der Waals surface area contributed by atoms with Crippen molar-refractivity contribution in [2.75, 3.05) is 75.2 Å². The van der Waals surface area contributed by atoms with Gasteiger partial charge in [0.1, 0.15) is 23.3 Å². The van der Waals surface area contributed by atoms with Gasteiger partial charge in [0, 0.05) is 97.3 Å². The molecule has 4 aromatic carbocycles. The third kappa shape index (κ3) is 10.1. The lowest BCUT2D eigenvalue weighted by Crippen LogP contribution is -2.46. The summed E-state index contributed by atoms with van der Waals surface area (Å²) in [4.78, 5) is 76.8. The minimum atomic E-state index is -0.790. The van der Waals surface area contributed by atoms with Crippen LogP contribution in [0.2, 0.25) is 0 Å². The van der Waals surface area contributed by atoms with Gasteiger partial charge in [0.2, 0.25) is 0 Å². The van der Waals surface area contributed by atoms with Crippen molar-refractivity contribution in [1.82, 2.24) is 40.4 Å². The van der Waals surface area contributed by atoms with Crippen LogP contribution in [0, 0.1) is 11.6 Å². The molecular formula is C56H60F2N10O4. The number of carbonyl (C=O) groups excluding carboxylic acids is 2. The summed E-state index contributed by atoms with van der Waals surface area (Å²) in [7, 11) is 0. The van der Waals surface area contributed by atoms with E-state index in [-0.39, 0.29) is 32.8 Å². The SMILES string of the molecule is CCN1CCN(c2ccc(C(C)(C)NC(=O)c3cc4[nH]c5ccccc5c(=O)c4cc3F)cn2)CC1.CCN1CCN(c2ccc(C(C)(C)NC(=O)c3cc4[nH]c5ccccc5c(=O)c4cc3F)cn2)CC1. The van der Waals surface area contributed by atoms with E-state index in [4.69, 9.17) is 0 Å². The normalized spacial score (nSPS) is 14.9. The number of nitrogens with zero attached hydrogens (tertiary/aromatic N) is 6. The number of rotatable bonds is 10. The number of H-pyrrole nitrogens is 2. The van der Waals surface area contributed by atoms with E-state index in [0.29, 0.717) is 32.8 Å². The molecule has 372 valence electrons. The minimum absolute atomic E-state index is 0.125. The van der Waals surface area contributed by atoms with Gasteiger partial charge in [-0.2, -0.15) is 0 Å². The maximum absolute atomic E-state index is 15.0. The summed E-state index contributed by atoms with van der Waals surface area (Å²) in [6, 6.07) is 27.0. The van der Waals surface area contributed by atoms with Gasteiger partial charge >= 0.3 is 0 Å². The molecule has 2 aliphatic rings. The fourth-order valence-corrected chi connectivity index (χ4v) is 9.56. The Morgan fingerprint density at radius 2 is 0.903 bits per heavy atom. The number of likely N-dealkylation sites (N-methyl/N-ethyl adjacent to an activating group) is 2. The predicted octanol–water partition coefficient (Wildman–Crippen LogP) is 8.04. The van der Waals surface area contributed by atoms with Gasteiger partial charge in [-0.15, -0.1) is 0 Å². The Morgan fingerprint density at radius 3 is 1.25 bits per heavy atom. The highest BCUT2D eigenvalue weighted by Crippen LogP contribution is 2.27. The van der Waals surface area contributed by atoms with Crippen LogP contribution in [0.15, 0.2) is 119 Å². The Bertz CT molecular complexity index is 3200. The lowest BCUT2D eigenvalue weighted by molar-refractivity contribution is 0.0898. The summed E-state index contributed by atoms with van der Waals surface area (Å²) in [5.41, 5.74) is 1.35. The van der Waals surface area contributed by atoms with Crippen LogP contribution >= 0.6 is 0 Å². The van der Waals surface area contributed by atoms with Crippen molar-refractivity contribution < 1.29 is 18.4 Å². The number of pyridine rings is 4. The van der Waals surface area contributed by atoms with Gasteiger partial charge in [-0.3, -0.25) is 19.2 Å². The molecule has 2 amide bonds. The molecule has 10 rings (SSSR count). The highest BCUT2D eigenvalue weighted by Gasteiger charge is 2.29. The van der Waals surface area contributed by atoms with Crippen molar-refractivity contribution >= 4 is 67.1 Å². The molecule has 4 aromatic heterocycles. The first kappa shape index (κ1) is 49.4. The molecule has 2 aliphatic heterocycles. The van der Waals surface area contributed by atoms with Crippen LogP contribution < -0.4 is 31.3 Å². The molecule has 0 bridgehead atoms. The van der Waals surface area contributed by atoms with E-state index < -0.39 is 34.5 Å². The van der Waals surface area contributed by atoms with Crippen LogP contribution in [0.25, 0.3) is 43.6 Å². The number of nitrogens with one attached hydrogen (secondary N) is 4. The van der Waals surface area contributed by atoms with Gasteiger partial charge in [-0.25, -0.2) is 18.7 Å². The zero-order valence-corrected chi connectivity index (χ0v) is 41.5. The third-order valence-electron chi connectivity index (χ3n) is 14.2. The molecule has 72 heavy (non-hydrogen) atoms. The first-order chi connectivity index (χ1) is 34.5. The number of halogens is 2. The standard InChI is InChI=1S/2C28H30FN5O2/c2*1-4-33-11-13-34(14-12-33)25-10-9-18(17-30-25)28(2,3)32-27(36)20-16-24-21(15-22(20)29)26(35)19-7-5-6-8-23(19)31-24/h2*5-10,15-17H,4,11-14H2,1-3H3,(H,31,35)(H,32,36). The number of fused-ring (bicyclic) bond motifs is 4. The number of anilines is 2. The molecule has 0 unspecified atom stereocenters. The number of para-hydroxylation sites is 2. The maximum Gasteiger partial charge on any atom is 0.255 e. The van der Waals surface area contributed by atoms with E-state index in [9.17, 15) is 19.2 Å². The Hall–Kier alpha value is -7.56. The van der Waals surface area contributed by atoms with Gasteiger partial charge in [-0.1, -0.05) is 50.2 Å². The second kappa shape index (κ2) is 20.3. The van der Waals surface area contributed by atoms with Gasteiger partial charge in [0.05, 0.1) is 33.2 Å². The summed E-state index contributed by atoms with van der Waals surface area (Å²) in [6.45, 7) is 21.7. The average molecular weight is 975 g/mol. The topological polar surface area (TPSA) is 163 Å². The van der Waals surface area contributed by atoms with E-state index in [1.165, 1.54) is 12.1 Å². The Balaban J connectivity index is 0.000000178. The Morgan fingerprint density at radius 1 is 0.528 bits per heavy atom. The van der Waals surface area contributed by atoms with Crippen LogP contribution in [-0.4, -0.2) is 107 Å². The van der Waals surface area contributed by atoms with Crippen molar-refractivity contribution in [2.45, 2.75) is 52.6 Å². The van der Waals surface area contributed by atoms with Crippen LogP contribution in [0.5, 0.6) is 0 Å². The molecule has 0 spiro atoms. The van der Waals surface area contributed by atoms with E-state index in [0.717, 1.165) is 100 Å². The van der Waals surface area contributed by atoms with E-state index in [1.807, 2.05) is 64.1 Å². The molecule has 0 aliphatic carbocycles. The molecule has 0 atom stereocenters. The first-order valence-electron chi connectivity index (χ1n) is 24.5. The molecule has 0 saturated carbocycles. The highest BCUT2D eigenvalue weighted by molar-refractivity contribution is 6.02. The lowest BCUT2D eigenvalue weighted by atomic mass is 9.95.